The van der Waals surface area contributed by atoms with Crippen LogP contribution >= 0.6 is 0 Å². The summed E-state index contributed by atoms with van der Waals surface area (Å²) in [6.45, 7) is 11.3. The van der Waals surface area contributed by atoms with Crippen LogP contribution in [0.3, 0.4) is 0 Å². The zero-order valence-corrected chi connectivity index (χ0v) is 15.5. The lowest BCUT2D eigenvalue weighted by Gasteiger charge is -2.40. The molecule has 5 heteroatoms. The van der Waals surface area contributed by atoms with Crippen molar-refractivity contribution >= 4 is 0 Å². The standard InChI is InChI=1S/C20H31N3O2/c1-17-4-2-5-19(21-17)14-23-7-3-6-20(16-23)12-18(15-25-20)13-22-8-10-24-11-9-22/h2,4-5,18H,3,6-16H2,1H3/t18-,20-/m1/s1. The molecule has 1 aromatic rings. The minimum absolute atomic E-state index is 0.0824. The van der Waals surface area contributed by atoms with E-state index >= 15 is 0 Å². The van der Waals surface area contributed by atoms with Crippen molar-refractivity contribution in [2.75, 3.05) is 52.5 Å². The van der Waals surface area contributed by atoms with Crippen molar-refractivity contribution in [2.45, 2.75) is 38.3 Å². The van der Waals surface area contributed by atoms with E-state index in [4.69, 9.17) is 9.47 Å². The van der Waals surface area contributed by atoms with Crippen molar-refractivity contribution < 1.29 is 9.47 Å². The number of pyridine rings is 1. The Kier molecular flexibility index (Phi) is 5.36. The van der Waals surface area contributed by atoms with Crippen molar-refractivity contribution in [3.05, 3.63) is 29.6 Å². The summed E-state index contributed by atoms with van der Waals surface area (Å²) in [6.07, 6.45) is 3.66. The lowest BCUT2D eigenvalue weighted by molar-refractivity contribution is -0.0539. The van der Waals surface area contributed by atoms with Gasteiger partial charge in [0.25, 0.3) is 0 Å². The maximum Gasteiger partial charge on any atom is 0.0813 e. The molecule has 3 aliphatic rings. The van der Waals surface area contributed by atoms with Crippen LogP contribution in [0.4, 0.5) is 0 Å². The number of ether oxygens (including phenoxy) is 2. The zero-order valence-electron chi connectivity index (χ0n) is 15.5. The van der Waals surface area contributed by atoms with E-state index in [1.165, 1.54) is 31.5 Å². The Morgan fingerprint density at radius 3 is 2.92 bits per heavy atom. The fraction of sp³-hybridized carbons (Fsp3) is 0.750. The molecule has 25 heavy (non-hydrogen) atoms. The van der Waals surface area contributed by atoms with Crippen molar-refractivity contribution in [2.24, 2.45) is 5.92 Å². The summed E-state index contributed by atoms with van der Waals surface area (Å²) in [5.41, 5.74) is 2.37. The van der Waals surface area contributed by atoms with Gasteiger partial charge in [-0.25, -0.2) is 0 Å². The Hall–Kier alpha value is -1.01. The van der Waals surface area contributed by atoms with Gasteiger partial charge in [0, 0.05) is 38.4 Å². The lowest BCUT2D eigenvalue weighted by atomic mass is 9.86. The Bertz CT molecular complexity index is 576. The van der Waals surface area contributed by atoms with E-state index in [9.17, 15) is 0 Å². The average molecular weight is 345 g/mol. The first kappa shape index (κ1) is 17.4. The molecule has 5 nitrogen and oxygen atoms in total. The molecule has 0 unspecified atom stereocenters. The van der Waals surface area contributed by atoms with Crippen molar-refractivity contribution in [1.29, 1.82) is 0 Å². The van der Waals surface area contributed by atoms with E-state index < -0.39 is 0 Å². The van der Waals surface area contributed by atoms with Crippen LogP contribution in [-0.2, 0) is 16.0 Å². The highest BCUT2D eigenvalue weighted by molar-refractivity contribution is 5.10. The average Bonchev–Trinajstić information content (AvgIpc) is 2.97. The van der Waals surface area contributed by atoms with Gasteiger partial charge in [0.15, 0.2) is 0 Å². The van der Waals surface area contributed by atoms with Crippen molar-refractivity contribution in [3.63, 3.8) is 0 Å². The van der Waals surface area contributed by atoms with Gasteiger partial charge in [-0.2, -0.15) is 0 Å². The molecule has 1 aromatic heterocycles. The van der Waals surface area contributed by atoms with Gasteiger partial charge >= 0.3 is 0 Å². The third-order valence-corrected chi connectivity index (χ3v) is 5.86. The summed E-state index contributed by atoms with van der Waals surface area (Å²) < 4.78 is 11.9. The molecule has 4 heterocycles. The van der Waals surface area contributed by atoms with Crippen LogP contribution in [0.15, 0.2) is 18.2 Å². The molecule has 0 saturated carbocycles. The predicted molar refractivity (Wildman–Crippen MR) is 97.5 cm³/mol. The number of nitrogens with zero attached hydrogens (tertiary/aromatic N) is 3. The van der Waals surface area contributed by atoms with E-state index in [1.54, 1.807) is 0 Å². The molecular formula is C20H31N3O2. The third-order valence-electron chi connectivity index (χ3n) is 5.86. The maximum absolute atomic E-state index is 6.41. The number of aryl methyl sites for hydroxylation is 1. The summed E-state index contributed by atoms with van der Waals surface area (Å²) >= 11 is 0. The third kappa shape index (κ3) is 4.40. The van der Waals surface area contributed by atoms with Crippen LogP contribution < -0.4 is 0 Å². The fourth-order valence-electron chi connectivity index (χ4n) is 4.73. The van der Waals surface area contributed by atoms with Gasteiger partial charge in [0.2, 0.25) is 0 Å². The van der Waals surface area contributed by atoms with Crippen molar-refractivity contribution in [1.82, 2.24) is 14.8 Å². The van der Waals surface area contributed by atoms with E-state index in [0.717, 1.165) is 58.2 Å². The second kappa shape index (κ2) is 7.70. The van der Waals surface area contributed by atoms with Crippen LogP contribution in [0.2, 0.25) is 0 Å². The summed E-state index contributed by atoms with van der Waals surface area (Å²) in [6, 6.07) is 6.32. The summed E-state index contributed by atoms with van der Waals surface area (Å²) in [5.74, 6) is 0.676. The first-order valence-corrected chi connectivity index (χ1v) is 9.80. The molecular weight excluding hydrogens is 314 g/mol. The highest BCUT2D eigenvalue weighted by Gasteiger charge is 2.43. The van der Waals surface area contributed by atoms with E-state index in [0.29, 0.717) is 5.92 Å². The summed E-state index contributed by atoms with van der Waals surface area (Å²) in [7, 11) is 0. The molecule has 3 fully saturated rings. The van der Waals surface area contributed by atoms with E-state index in [-0.39, 0.29) is 5.60 Å². The minimum Gasteiger partial charge on any atom is -0.379 e. The molecule has 0 aromatic carbocycles. The molecule has 3 saturated heterocycles. The number of piperidine rings is 1. The topological polar surface area (TPSA) is 37.8 Å². The fourth-order valence-corrected chi connectivity index (χ4v) is 4.73. The van der Waals surface area contributed by atoms with Crippen LogP contribution in [0, 0.1) is 12.8 Å². The molecule has 1 spiro atoms. The number of likely N-dealkylation sites (tertiary alicyclic amines) is 1. The minimum atomic E-state index is 0.0824. The summed E-state index contributed by atoms with van der Waals surface area (Å²) in [4.78, 5) is 9.77. The van der Waals surface area contributed by atoms with E-state index in [2.05, 4.69) is 39.9 Å². The molecule has 3 aliphatic heterocycles. The van der Waals surface area contributed by atoms with Crippen LogP contribution in [0.25, 0.3) is 0 Å². The summed E-state index contributed by atoms with van der Waals surface area (Å²) in [5, 5.41) is 0. The number of rotatable bonds is 4. The van der Waals surface area contributed by atoms with Gasteiger partial charge in [-0.05, 0) is 50.8 Å². The molecule has 0 radical (unpaired) electrons. The molecule has 138 valence electrons. The number of hydrogen-bond donors (Lipinski definition) is 0. The monoisotopic (exact) mass is 345 g/mol. The quantitative estimate of drug-likeness (QED) is 0.835. The van der Waals surface area contributed by atoms with Crippen LogP contribution in [0.1, 0.15) is 30.7 Å². The first-order valence-electron chi connectivity index (χ1n) is 9.80. The molecule has 4 rings (SSSR count). The molecule has 2 atom stereocenters. The lowest BCUT2D eigenvalue weighted by Crippen LogP contribution is -2.47. The van der Waals surface area contributed by atoms with Crippen molar-refractivity contribution in [3.8, 4) is 0 Å². The molecule has 0 aliphatic carbocycles. The van der Waals surface area contributed by atoms with Gasteiger partial charge in [-0.1, -0.05) is 6.07 Å². The molecule has 0 amide bonds. The number of hydrogen-bond acceptors (Lipinski definition) is 5. The smallest absolute Gasteiger partial charge is 0.0813 e. The van der Waals surface area contributed by atoms with Crippen LogP contribution in [0.5, 0.6) is 0 Å². The van der Waals surface area contributed by atoms with Gasteiger partial charge in [0.1, 0.15) is 0 Å². The predicted octanol–water partition coefficient (Wildman–Crippen LogP) is 2.09. The largest absolute Gasteiger partial charge is 0.379 e. The van der Waals surface area contributed by atoms with Crippen LogP contribution in [-0.4, -0.2) is 72.9 Å². The Morgan fingerprint density at radius 2 is 2.08 bits per heavy atom. The second-order valence-corrected chi connectivity index (χ2v) is 8.06. The van der Waals surface area contributed by atoms with Gasteiger partial charge in [0.05, 0.1) is 31.1 Å². The highest BCUT2D eigenvalue weighted by atomic mass is 16.5. The molecule has 0 bridgehead atoms. The normalized spacial score (nSPS) is 31.6. The maximum atomic E-state index is 6.41. The Balaban J connectivity index is 1.32. The zero-order chi connectivity index (χ0) is 17.1. The number of morpholine rings is 1. The Morgan fingerprint density at radius 1 is 1.20 bits per heavy atom. The van der Waals surface area contributed by atoms with E-state index in [1.807, 2.05) is 0 Å². The van der Waals surface area contributed by atoms with Gasteiger partial charge in [-0.3, -0.25) is 14.8 Å². The highest BCUT2D eigenvalue weighted by Crippen LogP contribution is 2.38. The molecule has 0 N–H and O–H groups in total. The Labute approximate surface area is 151 Å². The number of aromatic nitrogens is 1. The first-order chi connectivity index (χ1) is 12.2. The van der Waals surface area contributed by atoms with Gasteiger partial charge in [-0.15, -0.1) is 0 Å². The van der Waals surface area contributed by atoms with Gasteiger partial charge < -0.3 is 9.47 Å². The second-order valence-electron chi connectivity index (χ2n) is 8.06. The SMILES string of the molecule is Cc1cccc(CN2CCC[C@@]3(C[C@H](CN4CCOCC4)CO3)C2)n1.